The van der Waals surface area contributed by atoms with Crippen molar-refractivity contribution in [1.82, 2.24) is 0 Å². The SMILES string of the molecule is CC1=CC2CC1CC2C(O)(C(F)(F)F)C(F)(F)F. The summed E-state index contributed by atoms with van der Waals surface area (Å²) in [5.74, 6) is -2.94. The Morgan fingerprint density at radius 3 is 1.83 bits per heavy atom. The third-order valence-corrected chi connectivity index (χ3v) is 4.13. The maximum absolute atomic E-state index is 12.7. The number of hydrogen-bond acceptors (Lipinski definition) is 1. The van der Waals surface area contributed by atoms with Crippen LogP contribution in [0.5, 0.6) is 0 Å². The van der Waals surface area contributed by atoms with Crippen LogP contribution in [-0.4, -0.2) is 23.1 Å². The molecule has 2 aliphatic rings. The Balaban J connectivity index is 2.40. The fraction of sp³-hybridized carbons (Fsp3) is 0.818. The molecule has 0 saturated heterocycles. The Hall–Kier alpha value is -0.720. The molecule has 2 aliphatic carbocycles. The lowest BCUT2D eigenvalue weighted by atomic mass is 9.76. The Labute approximate surface area is 99.5 Å². The molecular weight excluding hydrogens is 262 g/mol. The van der Waals surface area contributed by atoms with Gasteiger partial charge in [-0.1, -0.05) is 11.6 Å². The molecule has 0 heterocycles. The lowest BCUT2D eigenvalue weighted by molar-refractivity contribution is -0.387. The van der Waals surface area contributed by atoms with E-state index in [9.17, 15) is 31.4 Å². The molecule has 0 aromatic rings. The first-order valence-electron chi connectivity index (χ1n) is 5.52. The zero-order valence-electron chi connectivity index (χ0n) is 9.44. The minimum Gasteiger partial charge on any atom is -0.373 e. The standard InChI is InChI=1S/C11H12F6O/c1-5-2-7-3-6(5)4-8(7)9(18,10(12,13)14)11(15,16)17/h2,6-8,18H,3-4H2,1H3. The molecule has 7 heteroatoms. The summed E-state index contributed by atoms with van der Waals surface area (Å²) in [7, 11) is 0. The molecule has 3 atom stereocenters. The van der Waals surface area contributed by atoms with Gasteiger partial charge in [-0.3, -0.25) is 0 Å². The van der Waals surface area contributed by atoms with Crippen LogP contribution in [0.15, 0.2) is 11.6 Å². The van der Waals surface area contributed by atoms with Crippen molar-refractivity contribution in [2.24, 2.45) is 17.8 Å². The molecule has 2 bridgehead atoms. The molecule has 2 rings (SSSR count). The van der Waals surface area contributed by atoms with E-state index in [1.807, 2.05) is 0 Å². The minimum atomic E-state index is -5.71. The highest BCUT2D eigenvalue weighted by molar-refractivity contribution is 5.23. The minimum absolute atomic E-state index is 0.261. The molecule has 3 unspecified atom stereocenters. The lowest BCUT2D eigenvalue weighted by Gasteiger charge is -2.40. The molecule has 0 amide bonds. The Morgan fingerprint density at radius 2 is 1.56 bits per heavy atom. The van der Waals surface area contributed by atoms with Crippen LogP contribution in [-0.2, 0) is 0 Å². The van der Waals surface area contributed by atoms with Crippen LogP contribution in [0.1, 0.15) is 19.8 Å². The Morgan fingerprint density at radius 1 is 1.06 bits per heavy atom. The van der Waals surface area contributed by atoms with Gasteiger partial charge in [-0.2, -0.15) is 26.3 Å². The monoisotopic (exact) mass is 274 g/mol. The summed E-state index contributed by atoms with van der Waals surface area (Å²) in [6, 6.07) is 0. The number of alkyl halides is 6. The van der Waals surface area contributed by atoms with E-state index in [-0.39, 0.29) is 18.8 Å². The van der Waals surface area contributed by atoms with Gasteiger partial charge in [-0.25, -0.2) is 0 Å². The van der Waals surface area contributed by atoms with Crippen molar-refractivity contribution in [2.45, 2.75) is 37.7 Å². The van der Waals surface area contributed by atoms with Crippen molar-refractivity contribution in [2.75, 3.05) is 0 Å². The van der Waals surface area contributed by atoms with Gasteiger partial charge in [0.1, 0.15) is 0 Å². The largest absolute Gasteiger partial charge is 0.426 e. The first-order valence-corrected chi connectivity index (χ1v) is 5.52. The summed E-state index contributed by atoms with van der Waals surface area (Å²) < 4.78 is 76.1. The quantitative estimate of drug-likeness (QED) is 0.573. The summed E-state index contributed by atoms with van der Waals surface area (Å²) in [6.45, 7) is 1.70. The van der Waals surface area contributed by atoms with Gasteiger partial charge in [0.25, 0.3) is 5.60 Å². The van der Waals surface area contributed by atoms with Gasteiger partial charge in [0, 0.05) is 5.92 Å². The van der Waals surface area contributed by atoms with E-state index in [0.717, 1.165) is 5.57 Å². The third kappa shape index (κ3) is 1.66. The molecule has 0 aliphatic heterocycles. The van der Waals surface area contributed by atoms with E-state index < -0.39 is 29.8 Å². The molecule has 0 aromatic carbocycles. The van der Waals surface area contributed by atoms with Crippen molar-refractivity contribution in [3.05, 3.63) is 11.6 Å². The fourth-order valence-corrected chi connectivity index (χ4v) is 3.16. The van der Waals surface area contributed by atoms with Gasteiger partial charge in [0.2, 0.25) is 0 Å². The lowest BCUT2D eigenvalue weighted by Crippen LogP contribution is -2.62. The summed E-state index contributed by atoms with van der Waals surface area (Å²) in [6.07, 6.45) is -9.97. The number of allylic oxidation sites excluding steroid dienone is 2. The molecule has 0 radical (unpaired) electrons. The van der Waals surface area contributed by atoms with E-state index in [4.69, 9.17) is 0 Å². The highest BCUT2D eigenvalue weighted by Gasteiger charge is 2.75. The second-order valence-corrected chi connectivity index (χ2v) is 5.11. The fourth-order valence-electron chi connectivity index (χ4n) is 3.16. The Bertz CT molecular complexity index is 366. The molecule has 18 heavy (non-hydrogen) atoms. The summed E-state index contributed by atoms with van der Waals surface area (Å²) in [4.78, 5) is 0. The molecule has 1 N–H and O–H groups in total. The second-order valence-electron chi connectivity index (χ2n) is 5.11. The normalized spacial score (nSPS) is 32.9. The highest BCUT2D eigenvalue weighted by atomic mass is 19.4. The Kier molecular flexibility index (Phi) is 2.78. The van der Waals surface area contributed by atoms with Gasteiger partial charge < -0.3 is 5.11 Å². The van der Waals surface area contributed by atoms with Crippen LogP contribution >= 0.6 is 0 Å². The zero-order valence-corrected chi connectivity index (χ0v) is 9.44. The summed E-state index contributed by atoms with van der Waals surface area (Å²) >= 11 is 0. The molecule has 1 saturated carbocycles. The zero-order chi connectivity index (χ0) is 13.9. The topological polar surface area (TPSA) is 20.2 Å². The number of halogens is 6. The van der Waals surface area contributed by atoms with Crippen LogP contribution in [0.3, 0.4) is 0 Å². The van der Waals surface area contributed by atoms with E-state index in [1.165, 1.54) is 6.08 Å². The first-order chi connectivity index (χ1) is 7.98. The first kappa shape index (κ1) is 13.7. The van der Waals surface area contributed by atoms with Gasteiger partial charge in [-0.05, 0) is 31.6 Å². The van der Waals surface area contributed by atoms with E-state index in [1.54, 1.807) is 6.92 Å². The third-order valence-electron chi connectivity index (χ3n) is 4.13. The average molecular weight is 274 g/mol. The number of fused-ring (bicyclic) bond motifs is 2. The smallest absolute Gasteiger partial charge is 0.373 e. The van der Waals surface area contributed by atoms with Crippen molar-refractivity contribution in [1.29, 1.82) is 0 Å². The highest BCUT2D eigenvalue weighted by Crippen LogP contribution is 2.59. The number of rotatable bonds is 1. The maximum atomic E-state index is 12.7. The van der Waals surface area contributed by atoms with Gasteiger partial charge >= 0.3 is 12.4 Å². The van der Waals surface area contributed by atoms with Crippen molar-refractivity contribution in [3.63, 3.8) is 0 Å². The van der Waals surface area contributed by atoms with Gasteiger partial charge in [-0.15, -0.1) is 0 Å². The number of hydrogen-bond donors (Lipinski definition) is 1. The summed E-state index contributed by atoms with van der Waals surface area (Å²) in [5.41, 5.74) is -3.78. The predicted molar refractivity (Wildman–Crippen MR) is 50.5 cm³/mol. The molecule has 104 valence electrons. The molecule has 0 aromatic heterocycles. The second kappa shape index (κ2) is 3.65. The van der Waals surface area contributed by atoms with Crippen LogP contribution in [0.4, 0.5) is 26.3 Å². The van der Waals surface area contributed by atoms with E-state index in [0.29, 0.717) is 0 Å². The molecule has 1 fully saturated rings. The van der Waals surface area contributed by atoms with Crippen molar-refractivity contribution in [3.8, 4) is 0 Å². The van der Waals surface area contributed by atoms with Crippen LogP contribution in [0.2, 0.25) is 0 Å². The summed E-state index contributed by atoms with van der Waals surface area (Å²) in [5, 5.41) is 9.31. The van der Waals surface area contributed by atoms with E-state index >= 15 is 0 Å². The molecule has 1 nitrogen and oxygen atoms in total. The molecule has 0 spiro atoms. The predicted octanol–water partition coefficient (Wildman–Crippen LogP) is 3.44. The van der Waals surface area contributed by atoms with Crippen molar-refractivity contribution < 1.29 is 31.4 Å². The average Bonchev–Trinajstić information content (AvgIpc) is 2.70. The van der Waals surface area contributed by atoms with Crippen LogP contribution in [0.25, 0.3) is 0 Å². The van der Waals surface area contributed by atoms with Crippen LogP contribution < -0.4 is 0 Å². The number of aliphatic hydroxyl groups is 1. The molecular formula is C11H12F6O. The van der Waals surface area contributed by atoms with Crippen LogP contribution in [0, 0.1) is 17.8 Å². The maximum Gasteiger partial charge on any atom is 0.426 e. The van der Waals surface area contributed by atoms with Gasteiger partial charge in [0.15, 0.2) is 0 Å². The van der Waals surface area contributed by atoms with E-state index in [2.05, 4.69) is 0 Å². The van der Waals surface area contributed by atoms with Crippen molar-refractivity contribution >= 4 is 0 Å². The van der Waals surface area contributed by atoms with Gasteiger partial charge in [0.05, 0.1) is 0 Å².